The van der Waals surface area contributed by atoms with E-state index < -0.39 is 6.04 Å². The molecule has 0 spiro atoms. The summed E-state index contributed by atoms with van der Waals surface area (Å²) in [4.78, 5) is 17.9. The Balaban J connectivity index is 1.84. The summed E-state index contributed by atoms with van der Waals surface area (Å²) in [6, 6.07) is 3.57. The summed E-state index contributed by atoms with van der Waals surface area (Å²) in [5.74, 6) is 0.0707. The summed E-state index contributed by atoms with van der Waals surface area (Å²) in [5.41, 5.74) is 5.88. The largest absolute Gasteiger partial charge is 0.339 e. The van der Waals surface area contributed by atoms with E-state index in [-0.39, 0.29) is 11.3 Å². The van der Waals surface area contributed by atoms with Crippen molar-refractivity contribution in [1.82, 2.24) is 9.80 Å². The number of halogens is 1. The number of amides is 1. The minimum absolute atomic E-state index is 0.0707. The average Bonchev–Trinajstić information content (AvgIpc) is 2.82. The molecule has 6 heteroatoms. The van der Waals surface area contributed by atoms with Crippen molar-refractivity contribution in [3.05, 3.63) is 21.3 Å². The van der Waals surface area contributed by atoms with Gasteiger partial charge >= 0.3 is 0 Å². The van der Waals surface area contributed by atoms with E-state index in [0.29, 0.717) is 0 Å². The van der Waals surface area contributed by atoms with Gasteiger partial charge in [-0.2, -0.15) is 0 Å². The van der Waals surface area contributed by atoms with Gasteiger partial charge in [0, 0.05) is 37.6 Å². The smallest absolute Gasteiger partial charge is 0.240 e. The molecule has 1 amide bonds. The van der Waals surface area contributed by atoms with Crippen molar-refractivity contribution in [2.45, 2.75) is 33.4 Å². The molecule has 2 rings (SSSR count). The molecule has 1 aromatic rings. The molecule has 118 valence electrons. The molecule has 0 aliphatic carbocycles. The van der Waals surface area contributed by atoms with Crippen LogP contribution in [-0.2, 0) is 11.3 Å². The molecule has 0 bridgehead atoms. The molecule has 1 saturated heterocycles. The summed E-state index contributed by atoms with van der Waals surface area (Å²) in [6.07, 6.45) is 0. The van der Waals surface area contributed by atoms with Crippen molar-refractivity contribution in [3.63, 3.8) is 0 Å². The fourth-order valence-electron chi connectivity index (χ4n) is 2.35. The van der Waals surface area contributed by atoms with Crippen molar-refractivity contribution >= 4 is 28.8 Å². The molecular weight excluding hydrogens is 306 g/mol. The van der Waals surface area contributed by atoms with Gasteiger partial charge in [-0.3, -0.25) is 9.69 Å². The predicted molar refractivity (Wildman–Crippen MR) is 88.6 cm³/mol. The maximum absolute atomic E-state index is 12.4. The molecule has 21 heavy (non-hydrogen) atoms. The Morgan fingerprint density at radius 2 is 1.95 bits per heavy atom. The SMILES string of the molecule is CC(C)(C)[C@@H](N)C(=O)N1CCN(Cc2ccc(Cl)s2)CC1. The van der Waals surface area contributed by atoms with Gasteiger partial charge in [-0.15, -0.1) is 11.3 Å². The van der Waals surface area contributed by atoms with E-state index in [1.807, 2.05) is 31.7 Å². The van der Waals surface area contributed by atoms with Crippen LogP contribution in [0.25, 0.3) is 0 Å². The monoisotopic (exact) mass is 329 g/mol. The van der Waals surface area contributed by atoms with E-state index >= 15 is 0 Å². The molecule has 0 radical (unpaired) electrons. The van der Waals surface area contributed by atoms with E-state index in [2.05, 4.69) is 11.0 Å². The zero-order chi connectivity index (χ0) is 15.6. The Morgan fingerprint density at radius 3 is 2.43 bits per heavy atom. The number of rotatable bonds is 3. The van der Waals surface area contributed by atoms with Gasteiger partial charge in [0.05, 0.1) is 10.4 Å². The fourth-order valence-corrected chi connectivity index (χ4v) is 3.48. The zero-order valence-electron chi connectivity index (χ0n) is 12.9. The van der Waals surface area contributed by atoms with Crippen LogP contribution in [0.5, 0.6) is 0 Å². The Morgan fingerprint density at radius 1 is 1.33 bits per heavy atom. The number of carbonyl (C=O) groups is 1. The highest BCUT2D eigenvalue weighted by Gasteiger charge is 2.32. The van der Waals surface area contributed by atoms with Crippen LogP contribution >= 0.6 is 22.9 Å². The van der Waals surface area contributed by atoms with Gasteiger partial charge in [0.25, 0.3) is 0 Å². The Kier molecular flexibility index (Phi) is 5.30. The van der Waals surface area contributed by atoms with Crippen LogP contribution in [0, 0.1) is 5.41 Å². The summed E-state index contributed by atoms with van der Waals surface area (Å²) < 4.78 is 0.829. The number of nitrogens with two attached hydrogens (primary N) is 1. The molecule has 1 aromatic heterocycles. The lowest BCUT2D eigenvalue weighted by Gasteiger charge is -2.38. The van der Waals surface area contributed by atoms with E-state index in [1.54, 1.807) is 11.3 Å². The number of thiophene rings is 1. The third-order valence-electron chi connectivity index (χ3n) is 3.89. The van der Waals surface area contributed by atoms with Crippen LogP contribution in [0.3, 0.4) is 0 Å². The molecule has 1 aliphatic rings. The number of nitrogens with zero attached hydrogens (tertiary/aromatic N) is 2. The highest BCUT2D eigenvalue weighted by molar-refractivity contribution is 7.16. The summed E-state index contributed by atoms with van der Waals surface area (Å²) in [5, 5.41) is 0. The van der Waals surface area contributed by atoms with Gasteiger partial charge in [-0.25, -0.2) is 0 Å². The van der Waals surface area contributed by atoms with Crippen molar-refractivity contribution in [2.75, 3.05) is 26.2 Å². The minimum Gasteiger partial charge on any atom is -0.339 e. The second-order valence-corrected chi connectivity index (χ2v) is 8.45. The van der Waals surface area contributed by atoms with Gasteiger partial charge in [0.15, 0.2) is 0 Å². The van der Waals surface area contributed by atoms with Crippen LogP contribution in [0.4, 0.5) is 0 Å². The summed E-state index contributed by atoms with van der Waals surface area (Å²) in [6.45, 7) is 10.2. The fraction of sp³-hybridized carbons (Fsp3) is 0.667. The standard InChI is InChI=1S/C15H24ClN3OS/c1-15(2,3)13(17)14(20)19-8-6-18(7-9-19)10-11-4-5-12(16)21-11/h4-5,13H,6-10,17H2,1-3H3/t13-/m0/s1. The number of carbonyl (C=O) groups excluding carboxylic acids is 1. The Hall–Kier alpha value is -0.620. The van der Waals surface area contributed by atoms with Crippen LogP contribution in [-0.4, -0.2) is 47.9 Å². The van der Waals surface area contributed by atoms with Crippen molar-refractivity contribution in [3.8, 4) is 0 Å². The molecular formula is C15H24ClN3OS. The van der Waals surface area contributed by atoms with Gasteiger partial charge in [-0.05, 0) is 17.5 Å². The maximum Gasteiger partial charge on any atom is 0.240 e. The molecule has 1 aliphatic heterocycles. The molecule has 0 unspecified atom stereocenters. The second-order valence-electron chi connectivity index (χ2n) is 6.65. The third-order valence-corrected chi connectivity index (χ3v) is 5.11. The van der Waals surface area contributed by atoms with Crippen LogP contribution in [0.1, 0.15) is 25.6 Å². The number of hydrogen-bond donors (Lipinski definition) is 1. The molecule has 0 aromatic carbocycles. The first kappa shape index (κ1) is 16.7. The van der Waals surface area contributed by atoms with Crippen molar-refractivity contribution in [1.29, 1.82) is 0 Å². The molecule has 1 atom stereocenters. The third kappa shape index (κ3) is 4.42. The molecule has 1 fully saturated rings. The number of piperazine rings is 1. The zero-order valence-corrected chi connectivity index (χ0v) is 14.5. The summed E-state index contributed by atoms with van der Waals surface area (Å²) in [7, 11) is 0. The number of hydrogen-bond acceptors (Lipinski definition) is 4. The Labute approximate surface area is 135 Å². The minimum atomic E-state index is -0.430. The maximum atomic E-state index is 12.4. The average molecular weight is 330 g/mol. The first-order valence-electron chi connectivity index (χ1n) is 7.28. The van der Waals surface area contributed by atoms with E-state index in [1.165, 1.54) is 4.88 Å². The molecule has 2 heterocycles. The van der Waals surface area contributed by atoms with Gasteiger partial charge < -0.3 is 10.6 Å². The van der Waals surface area contributed by atoms with E-state index in [4.69, 9.17) is 17.3 Å². The lowest BCUT2D eigenvalue weighted by Crippen LogP contribution is -2.55. The first-order chi connectivity index (χ1) is 9.77. The van der Waals surface area contributed by atoms with Crippen molar-refractivity contribution in [2.24, 2.45) is 11.1 Å². The highest BCUT2D eigenvalue weighted by Crippen LogP contribution is 2.23. The van der Waals surface area contributed by atoms with E-state index in [9.17, 15) is 4.79 Å². The molecule has 4 nitrogen and oxygen atoms in total. The first-order valence-corrected chi connectivity index (χ1v) is 8.48. The second kappa shape index (κ2) is 6.65. The highest BCUT2D eigenvalue weighted by atomic mass is 35.5. The topological polar surface area (TPSA) is 49.6 Å². The van der Waals surface area contributed by atoms with E-state index in [0.717, 1.165) is 37.1 Å². The van der Waals surface area contributed by atoms with Crippen LogP contribution in [0.2, 0.25) is 4.34 Å². The quantitative estimate of drug-likeness (QED) is 0.926. The van der Waals surface area contributed by atoms with Crippen LogP contribution in [0.15, 0.2) is 12.1 Å². The van der Waals surface area contributed by atoms with Crippen molar-refractivity contribution < 1.29 is 4.79 Å². The lowest BCUT2D eigenvalue weighted by atomic mass is 9.86. The lowest BCUT2D eigenvalue weighted by molar-refractivity contribution is -0.136. The molecule has 0 saturated carbocycles. The van der Waals surface area contributed by atoms with Gasteiger partial charge in [0.2, 0.25) is 5.91 Å². The molecule has 2 N–H and O–H groups in total. The van der Waals surface area contributed by atoms with Crippen LogP contribution < -0.4 is 5.73 Å². The predicted octanol–water partition coefficient (Wildman–Crippen LogP) is 2.42. The Bertz CT molecular complexity index is 489. The van der Waals surface area contributed by atoms with Gasteiger partial charge in [-0.1, -0.05) is 32.4 Å². The van der Waals surface area contributed by atoms with Gasteiger partial charge in [0.1, 0.15) is 0 Å². The summed E-state index contributed by atoms with van der Waals surface area (Å²) >= 11 is 7.57. The normalized spacial score (nSPS) is 18.8.